The maximum absolute atomic E-state index is 10.6. The average molecular weight is 186 g/mol. The summed E-state index contributed by atoms with van der Waals surface area (Å²) in [5.41, 5.74) is 0.878. The second-order valence-electron chi connectivity index (χ2n) is 2.29. The molecule has 0 aromatic carbocycles. The van der Waals surface area contributed by atoms with Crippen LogP contribution in [-0.2, 0) is 9.53 Å². The number of esters is 1. The van der Waals surface area contributed by atoms with Gasteiger partial charge < -0.3 is 4.74 Å². The van der Waals surface area contributed by atoms with Gasteiger partial charge in [0.15, 0.2) is 0 Å². The maximum Gasteiger partial charge on any atom is 0.384 e. The fraction of sp³-hybridized carbons (Fsp3) is 0.100. The Morgan fingerprint density at radius 2 is 2.36 bits per heavy atom. The fourth-order valence-corrected chi connectivity index (χ4v) is 0.700. The summed E-state index contributed by atoms with van der Waals surface area (Å²) in [4.78, 5) is 14.5. The third kappa shape index (κ3) is 2.62. The lowest BCUT2D eigenvalue weighted by molar-refractivity contribution is -0.133. The molecular weight excluding hydrogens is 180 g/mol. The standard InChI is InChI=1S/C10H6N2O2/c1-14-10(13)5-4-9-3-2-8(6-11)7-12-9/h2-3,7H,1H3. The van der Waals surface area contributed by atoms with Crippen LogP contribution in [0.2, 0.25) is 0 Å². The number of nitriles is 1. The normalized spacial score (nSPS) is 8.00. The van der Waals surface area contributed by atoms with Gasteiger partial charge in [-0.25, -0.2) is 9.78 Å². The molecule has 0 aliphatic heterocycles. The molecule has 0 aliphatic carbocycles. The van der Waals surface area contributed by atoms with Crippen molar-refractivity contribution in [3.8, 4) is 17.9 Å². The Balaban J connectivity index is 2.83. The van der Waals surface area contributed by atoms with Gasteiger partial charge in [-0.15, -0.1) is 0 Å². The molecule has 4 nitrogen and oxygen atoms in total. The third-order valence-corrected chi connectivity index (χ3v) is 1.37. The van der Waals surface area contributed by atoms with E-state index in [1.54, 1.807) is 12.1 Å². The minimum Gasteiger partial charge on any atom is -0.459 e. The van der Waals surface area contributed by atoms with E-state index >= 15 is 0 Å². The van der Waals surface area contributed by atoms with Gasteiger partial charge in [-0.1, -0.05) is 0 Å². The van der Waals surface area contributed by atoms with Gasteiger partial charge in [0.25, 0.3) is 0 Å². The van der Waals surface area contributed by atoms with E-state index in [-0.39, 0.29) is 0 Å². The number of pyridine rings is 1. The van der Waals surface area contributed by atoms with E-state index in [1.165, 1.54) is 13.3 Å². The molecule has 0 fully saturated rings. The lowest BCUT2D eigenvalue weighted by atomic mass is 10.3. The first-order chi connectivity index (χ1) is 6.76. The minimum atomic E-state index is -0.615. The first kappa shape index (κ1) is 9.76. The van der Waals surface area contributed by atoms with Crippen molar-refractivity contribution in [3.05, 3.63) is 29.6 Å². The third-order valence-electron chi connectivity index (χ3n) is 1.37. The molecule has 0 atom stereocenters. The van der Waals surface area contributed by atoms with Crippen molar-refractivity contribution in [2.45, 2.75) is 0 Å². The number of ether oxygens (including phenoxy) is 1. The quantitative estimate of drug-likeness (QED) is 0.436. The van der Waals surface area contributed by atoms with Crippen LogP contribution in [0, 0.1) is 23.2 Å². The van der Waals surface area contributed by atoms with Crippen LogP contribution < -0.4 is 0 Å². The molecule has 0 unspecified atom stereocenters. The highest BCUT2D eigenvalue weighted by Crippen LogP contribution is 1.96. The molecule has 1 aromatic rings. The van der Waals surface area contributed by atoms with Crippen LogP contribution in [0.5, 0.6) is 0 Å². The zero-order chi connectivity index (χ0) is 10.4. The summed E-state index contributed by atoms with van der Waals surface area (Å²) in [5, 5.41) is 8.48. The predicted molar refractivity (Wildman–Crippen MR) is 47.8 cm³/mol. The SMILES string of the molecule is COC(=O)C#Cc1ccc(C#N)cn1. The van der Waals surface area contributed by atoms with Gasteiger partial charge in [0.2, 0.25) is 0 Å². The summed E-state index contributed by atoms with van der Waals surface area (Å²) < 4.78 is 4.32. The molecule has 0 bridgehead atoms. The first-order valence-corrected chi connectivity index (χ1v) is 3.72. The van der Waals surface area contributed by atoms with Crippen molar-refractivity contribution in [2.24, 2.45) is 0 Å². The molecule has 0 aliphatic rings. The zero-order valence-corrected chi connectivity index (χ0v) is 7.44. The molecule has 68 valence electrons. The van der Waals surface area contributed by atoms with Crippen molar-refractivity contribution in [1.82, 2.24) is 4.98 Å². The highest BCUT2D eigenvalue weighted by molar-refractivity contribution is 5.88. The number of methoxy groups -OCH3 is 1. The van der Waals surface area contributed by atoms with Crippen LogP contribution in [0.4, 0.5) is 0 Å². The smallest absolute Gasteiger partial charge is 0.384 e. The molecule has 0 spiro atoms. The predicted octanol–water partition coefficient (Wildman–Crippen LogP) is 0.478. The van der Waals surface area contributed by atoms with Crippen LogP contribution in [0.25, 0.3) is 0 Å². The molecule has 4 heteroatoms. The minimum absolute atomic E-state index is 0.425. The number of carbonyl (C=O) groups excluding carboxylic acids is 1. The number of rotatable bonds is 0. The summed E-state index contributed by atoms with van der Waals surface area (Å²) >= 11 is 0. The second kappa shape index (κ2) is 4.64. The van der Waals surface area contributed by atoms with Crippen LogP contribution in [0.3, 0.4) is 0 Å². The Bertz CT molecular complexity index is 432. The van der Waals surface area contributed by atoms with E-state index in [9.17, 15) is 4.79 Å². The molecule has 1 aromatic heterocycles. The lowest BCUT2D eigenvalue weighted by Gasteiger charge is -1.88. The molecule has 1 heterocycles. The number of nitrogens with zero attached hydrogens (tertiary/aromatic N) is 2. The Kier molecular flexibility index (Phi) is 3.23. The Hall–Kier alpha value is -2.33. The van der Waals surface area contributed by atoms with Crippen molar-refractivity contribution in [3.63, 3.8) is 0 Å². The van der Waals surface area contributed by atoms with Crippen molar-refractivity contribution >= 4 is 5.97 Å². The Morgan fingerprint density at radius 3 is 2.86 bits per heavy atom. The fourth-order valence-electron chi connectivity index (χ4n) is 0.700. The maximum atomic E-state index is 10.6. The Morgan fingerprint density at radius 1 is 1.57 bits per heavy atom. The molecule has 1 rings (SSSR count). The monoisotopic (exact) mass is 186 g/mol. The summed E-state index contributed by atoms with van der Waals surface area (Å²) in [6.07, 6.45) is 1.39. The van der Waals surface area contributed by atoms with E-state index in [1.807, 2.05) is 6.07 Å². The highest BCUT2D eigenvalue weighted by atomic mass is 16.5. The van der Waals surface area contributed by atoms with E-state index in [0.717, 1.165) is 0 Å². The van der Waals surface area contributed by atoms with Crippen molar-refractivity contribution < 1.29 is 9.53 Å². The molecule has 0 radical (unpaired) electrons. The van der Waals surface area contributed by atoms with Crippen LogP contribution in [0.15, 0.2) is 18.3 Å². The molecule has 0 saturated carbocycles. The summed E-state index contributed by atoms with van der Waals surface area (Å²) in [7, 11) is 1.25. The zero-order valence-electron chi connectivity index (χ0n) is 7.44. The van der Waals surface area contributed by atoms with E-state index in [0.29, 0.717) is 11.3 Å². The second-order valence-corrected chi connectivity index (χ2v) is 2.29. The van der Waals surface area contributed by atoms with Crippen LogP contribution in [-0.4, -0.2) is 18.1 Å². The number of carbonyl (C=O) groups is 1. The van der Waals surface area contributed by atoms with Crippen LogP contribution in [0.1, 0.15) is 11.3 Å². The van der Waals surface area contributed by atoms with E-state index in [4.69, 9.17) is 5.26 Å². The van der Waals surface area contributed by atoms with Crippen molar-refractivity contribution in [1.29, 1.82) is 5.26 Å². The largest absolute Gasteiger partial charge is 0.459 e. The van der Waals surface area contributed by atoms with Gasteiger partial charge in [-0.05, 0) is 18.1 Å². The first-order valence-electron chi connectivity index (χ1n) is 3.72. The molecular formula is C10H6N2O2. The topological polar surface area (TPSA) is 63.0 Å². The van der Waals surface area contributed by atoms with Gasteiger partial charge in [0.05, 0.1) is 12.7 Å². The van der Waals surface area contributed by atoms with Gasteiger partial charge >= 0.3 is 5.97 Å². The lowest BCUT2D eigenvalue weighted by Crippen LogP contribution is -1.94. The molecule has 14 heavy (non-hydrogen) atoms. The summed E-state index contributed by atoms with van der Waals surface area (Å²) in [6.45, 7) is 0. The average Bonchev–Trinajstić information content (AvgIpc) is 2.26. The highest BCUT2D eigenvalue weighted by Gasteiger charge is 1.92. The molecule has 0 saturated heterocycles. The summed E-state index contributed by atoms with van der Waals surface area (Å²) in [6, 6.07) is 5.07. The number of aromatic nitrogens is 1. The van der Waals surface area contributed by atoms with E-state index < -0.39 is 5.97 Å². The number of hydrogen-bond donors (Lipinski definition) is 0. The number of hydrogen-bond acceptors (Lipinski definition) is 4. The van der Waals surface area contributed by atoms with Gasteiger partial charge in [-0.3, -0.25) is 0 Å². The van der Waals surface area contributed by atoms with E-state index in [2.05, 4.69) is 21.6 Å². The molecule has 0 amide bonds. The summed E-state index contributed by atoms with van der Waals surface area (Å²) in [5.74, 6) is 4.12. The Labute approximate surface area is 81.1 Å². The van der Waals surface area contributed by atoms with Gasteiger partial charge in [-0.2, -0.15) is 5.26 Å². The van der Waals surface area contributed by atoms with Gasteiger partial charge in [0, 0.05) is 12.1 Å². The van der Waals surface area contributed by atoms with Crippen LogP contribution >= 0.6 is 0 Å². The van der Waals surface area contributed by atoms with Crippen molar-refractivity contribution in [2.75, 3.05) is 7.11 Å². The van der Waals surface area contributed by atoms with Gasteiger partial charge in [0.1, 0.15) is 11.8 Å². The molecule has 0 N–H and O–H groups in total.